The van der Waals surface area contributed by atoms with E-state index >= 15 is 0 Å². The fourth-order valence-corrected chi connectivity index (χ4v) is 2.21. The van der Waals surface area contributed by atoms with E-state index in [9.17, 15) is 10.1 Å². The van der Waals surface area contributed by atoms with Crippen LogP contribution < -0.4 is 4.74 Å². The average Bonchev–Trinajstić information content (AvgIpc) is 2.48. The maximum Gasteiger partial charge on any atom is 0.269 e. The number of nitro groups is 1. The molecular weight excluding hydrogens is 278 g/mol. The molecule has 2 aromatic carbocycles. The first-order valence-corrected chi connectivity index (χ1v) is 6.55. The summed E-state index contributed by atoms with van der Waals surface area (Å²) in [7, 11) is 1.62. The molecule has 104 valence electrons. The van der Waals surface area contributed by atoms with Gasteiger partial charge >= 0.3 is 0 Å². The molecule has 2 rings (SSSR count). The van der Waals surface area contributed by atoms with Crippen molar-refractivity contribution in [2.45, 2.75) is 11.8 Å². The fraction of sp³-hybridized carbons (Fsp3) is 0.200. The molecular formula is C15H14ClNO3. The van der Waals surface area contributed by atoms with Crippen LogP contribution in [-0.4, -0.2) is 12.0 Å². The molecule has 2 aromatic rings. The van der Waals surface area contributed by atoms with E-state index in [0.29, 0.717) is 6.42 Å². The summed E-state index contributed by atoms with van der Waals surface area (Å²) in [5, 5.41) is 10.4. The Morgan fingerprint density at radius 3 is 2.25 bits per heavy atom. The number of ether oxygens (including phenoxy) is 1. The van der Waals surface area contributed by atoms with Gasteiger partial charge in [0.15, 0.2) is 0 Å². The molecule has 0 spiro atoms. The van der Waals surface area contributed by atoms with Crippen LogP contribution in [0.5, 0.6) is 5.75 Å². The highest BCUT2D eigenvalue weighted by atomic mass is 35.5. The van der Waals surface area contributed by atoms with Crippen molar-refractivity contribution in [2.75, 3.05) is 7.11 Å². The van der Waals surface area contributed by atoms with E-state index in [4.69, 9.17) is 16.3 Å². The van der Waals surface area contributed by atoms with Gasteiger partial charge in [0, 0.05) is 12.1 Å². The predicted octanol–water partition coefficient (Wildman–Crippen LogP) is 4.13. The summed E-state index contributed by atoms with van der Waals surface area (Å²) in [6.45, 7) is 0. The summed E-state index contributed by atoms with van der Waals surface area (Å²) in [6.07, 6.45) is 0.617. The Balaban J connectivity index is 2.06. The molecule has 20 heavy (non-hydrogen) atoms. The zero-order valence-electron chi connectivity index (χ0n) is 11.0. The van der Waals surface area contributed by atoms with E-state index in [1.165, 1.54) is 12.1 Å². The Morgan fingerprint density at radius 2 is 1.75 bits per heavy atom. The molecule has 0 radical (unpaired) electrons. The lowest BCUT2D eigenvalue weighted by Gasteiger charge is -2.10. The van der Waals surface area contributed by atoms with Crippen molar-refractivity contribution in [1.29, 1.82) is 0 Å². The Labute approximate surface area is 122 Å². The lowest BCUT2D eigenvalue weighted by Crippen LogP contribution is -1.96. The largest absolute Gasteiger partial charge is 0.497 e. The van der Waals surface area contributed by atoms with Gasteiger partial charge in [-0.1, -0.05) is 24.3 Å². The van der Waals surface area contributed by atoms with Gasteiger partial charge in [0.05, 0.1) is 17.4 Å². The van der Waals surface area contributed by atoms with Gasteiger partial charge in [-0.15, -0.1) is 11.6 Å². The molecule has 0 aliphatic carbocycles. The molecule has 1 unspecified atom stereocenters. The third kappa shape index (κ3) is 3.48. The molecule has 0 aliphatic rings. The third-order valence-electron chi connectivity index (χ3n) is 3.04. The smallest absolute Gasteiger partial charge is 0.269 e. The zero-order valence-corrected chi connectivity index (χ0v) is 11.7. The summed E-state index contributed by atoms with van der Waals surface area (Å²) >= 11 is 6.36. The first kappa shape index (κ1) is 14.3. The standard InChI is InChI=1S/C15H14ClNO3/c1-20-14-8-4-12(5-9-14)15(16)10-11-2-6-13(7-3-11)17(18)19/h2-9,15H,10H2,1H3. The van der Waals surface area contributed by atoms with E-state index in [-0.39, 0.29) is 11.1 Å². The molecule has 0 heterocycles. The van der Waals surface area contributed by atoms with Crippen LogP contribution in [0.15, 0.2) is 48.5 Å². The molecule has 4 nitrogen and oxygen atoms in total. The van der Waals surface area contributed by atoms with E-state index in [2.05, 4.69) is 0 Å². The van der Waals surface area contributed by atoms with E-state index in [1.807, 2.05) is 24.3 Å². The maximum atomic E-state index is 10.6. The minimum absolute atomic E-state index is 0.0873. The van der Waals surface area contributed by atoms with Gasteiger partial charge in [0.2, 0.25) is 0 Å². The number of rotatable bonds is 5. The van der Waals surface area contributed by atoms with Crippen LogP contribution in [0.2, 0.25) is 0 Å². The van der Waals surface area contributed by atoms with Crippen LogP contribution in [0.3, 0.4) is 0 Å². The number of halogens is 1. The number of benzene rings is 2. The number of hydrogen-bond acceptors (Lipinski definition) is 3. The minimum atomic E-state index is -0.411. The number of nitrogens with zero attached hydrogens (tertiary/aromatic N) is 1. The average molecular weight is 292 g/mol. The molecule has 0 aliphatic heterocycles. The van der Waals surface area contributed by atoms with Crippen LogP contribution in [0.25, 0.3) is 0 Å². The summed E-state index contributed by atoms with van der Waals surface area (Å²) in [5.74, 6) is 0.785. The van der Waals surface area contributed by atoms with Crippen molar-refractivity contribution < 1.29 is 9.66 Å². The second-order valence-corrected chi connectivity index (χ2v) is 4.90. The summed E-state index contributed by atoms with van der Waals surface area (Å²) in [4.78, 5) is 10.2. The van der Waals surface area contributed by atoms with Gasteiger partial charge in [-0.25, -0.2) is 0 Å². The topological polar surface area (TPSA) is 52.4 Å². The van der Waals surface area contributed by atoms with E-state index in [1.54, 1.807) is 19.2 Å². The van der Waals surface area contributed by atoms with Crippen LogP contribution in [0.4, 0.5) is 5.69 Å². The van der Waals surface area contributed by atoms with Gasteiger partial charge in [-0.2, -0.15) is 0 Å². The summed E-state index contributed by atoms with van der Waals surface area (Å²) < 4.78 is 5.10. The first-order valence-electron chi connectivity index (χ1n) is 6.11. The number of non-ortho nitro benzene ring substituents is 1. The monoisotopic (exact) mass is 291 g/mol. The highest BCUT2D eigenvalue weighted by Gasteiger charge is 2.10. The Kier molecular flexibility index (Phi) is 4.58. The molecule has 1 atom stereocenters. The minimum Gasteiger partial charge on any atom is -0.497 e. The van der Waals surface area contributed by atoms with Gasteiger partial charge in [-0.3, -0.25) is 10.1 Å². The first-order chi connectivity index (χ1) is 9.60. The molecule has 0 N–H and O–H groups in total. The summed E-state index contributed by atoms with van der Waals surface area (Å²) in [6, 6.07) is 14.0. The molecule has 0 saturated carbocycles. The summed E-state index contributed by atoms with van der Waals surface area (Å²) in [5.41, 5.74) is 2.04. The Hall–Kier alpha value is -2.07. The molecule has 5 heteroatoms. The lowest BCUT2D eigenvalue weighted by molar-refractivity contribution is -0.384. The van der Waals surface area contributed by atoms with Crippen molar-refractivity contribution in [2.24, 2.45) is 0 Å². The van der Waals surface area contributed by atoms with Gasteiger partial charge < -0.3 is 4.74 Å². The van der Waals surface area contributed by atoms with Crippen molar-refractivity contribution in [3.8, 4) is 5.75 Å². The van der Waals surface area contributed by atoms with Crippen LogP contribution >= 0.6 is 11.6 Å². The highest BCUT2D eigenvalue weighted by Crippen LogP contribution is 2.27. The van der Waals surface area contributed by atoms with Crippen LogP contribution in [-0.2, 0) is 6.42 Å². The van der Waals surface area contributed by atoms with Crippen molar-refractivity contribution in [1.82, 2.24) is 0 Å². The van der Waals surface area contributed by atoms with Gasteiger partial charge in [0.25, 0.3) is 5.69 Å². The lowest BCUT2D eigenvalue weighted by atomic mass is 10.0. The van der Waals surface area contributed by atoms with Crippen LogP contribution in [0, 0.1) is 10.1 Å². The highest BCUT2D eigenvalue weighted by molar-refractivity contribution is 6.20. The Morgan fingerprint density at radius 1 is 1.15 bits per heavy atom. The maximum absolute atomic E-state index is 10.6. The number of alkyl halides is 1. The molecule has 0 saturated heterocycles. The quantitative estimate of drug-likeness (QED) is 0.473. The Bertz CT molecular complexity index is 581. The second kappa shape index (κ2) is 6.39. The fourth-order valence-electron chi connectivity index (χ4n) is 1.89. The molecule has 0 aromatic heterocycles. The molecule has 0 bridgehead atoms. The van der Waals surface area contributed by atoms with Gasteiger partial charge in [0.1, 0.15) is 5.75 Å². The van der Waals surface area contributed by atoms with Crippen molar-refractivity contribution >= 4 is 17.3 Å². The van der Waals surface area contributed by atoms with Crippen molar-refractivity contribution in [3.63, 3.8) is 0 Å². The zero-order chi connectivity index (χ0) is 14.5. The number of hydrogen-bond donors (Lipinski definition) is 0. The van der Waals surface area contributed by atoms with E-state index in [0.717, 1.165) is 16.9 Å². The SMILES string of the molecule is COc1ccc(C(Cl)Cc2ccc([N+](=O)[O-])cc2)cc1. The van der Waals surface area contributed by atoms with Crippen molar-refractivity contribution in [3.05, 3.63) is 69.8 Å². The van der Waals surface area contributed by atoms with Gasteiger partial charge in [-0.05, 0) is 29.7 Å². The molecule has 0 amide bonds. The molecule has 0 fully saturated rings. The third-order valence-corrected chi connectivity index (χ3v) is 3.45. The normalized spacial score (nSPS) is 11.9. The number of methoxy groups -OCH3 is 1. The van der Waals surface area contributed by atoms with Crippen LogP contribution in [0.1, 0.15) is 16.5 Å². The van der Waals surface area contributed by atoms with E-state index < -0.39 is 4.92 Å². The number of nitro benzene ring substituents is 1. The predicted molar refractivity (Wildman–Crippen MR) is 78.4 cm³/mol. The second-order valence-electron chi connectivity index (χ2n) is 4.37.